The third kappa shape index (κ3) is 4.10. The van der Waals surface area contributed by atoms with E-state index in [9.17, 15) is 9.59 Å². The molecule has 0 atom stereocenters. The van der Waals surface area contributed by atoms with Crippen molar-refractivity contribution in [3.8, 4) is 0 Å². The Morgan fingerprint density at radius 3 is 2.85 bits per heavy atom. The summed E-state index contributed by atoms with van der Waals surface area (Å²) in [6, 6.07) is 5.20. The molecule has 138 valence electrons. The molecule has 8 nitrogen and oxygen atoms in total. The number of carbonyl (C=O) groups is 2. The van der Waals surface area contributed by atoms with Crippen LogP contribution in [0.4, 0.5) is 21.0 Å². The fourth-order valence-electron chi connectivity index (χ4n) is 2.81. The summed E-state index contributed by atoms with van der Waals surface area (Å²) in [6.45, 7) is 2.99. The van der Waals surface area contributed by atoms with Crippen molar-refractivity contribution in [3.05, 3.63) is 33.8 Å². The van der Waals surface area contributed by atoms with Crippen LogP contribution in [0, 0.1) is 0 Å². The molecule has 1 aromatic carbocycles. The molecule has 0 saturated carbocycles. The Kier molecular flexibility index (Phi) is 5.67. The highest BCUT2D eigenvalue weighted by Gasteiger charge is 2.23. The average Bonchev–Trinajstić information content (AvgIpc) is 3.13. The van der Waals surface area contributed by atoms with E-state index < -0.39 is 0 Å². The number of aryl methyl sites for hydroxylation is 2. The van der Waals surface area contributed by atoms with Crippen molar-refractivity contribution in [1.82, 2.24) is 15.5 Å². The van der Waals surface area contributed by atoms with Gasteiger partial charge in [-0.1, -0.05) is 18.3 Å². The smallest absolute Gasteiger partial charge is 0.414 e. The maximum Gasteiger partial charge on any atom is 0.414 e. The van der Waals surface area contributed by atoms with Crippen LogP contribution in [0.2, 0.25) is 0 Å². The lowest BCUT2D eigenvalue weighted by Gasteiger charge is -2.28. The predicted octanol–water partition coefficient (Wildman–Crippen LogP) is 2.94. The van der Waals surface area contributed by atoms with Gasteiger partial charge in [-0.3, -0.25) is 4.90 Å². The minimum atomic E-state index is -0.368. The summed E-state index contributed by atoms with van der Waals surface area (Å²) >= 11 is 1.49. The summed E-state index contributed by atoms with van der Waals surface area (Å²) in [4.78, 5) is 25.6. The molecule has 3 amide bonds. The van der Waals surface area contributed by atoms with Crippen LogP contribution < -0.4 is 15.5 Å². The topological polar surface area (TPSA) is 96.5 Å². The fraction of sp³-hybridized carbons (Fsp3) is 0.412. The molecule has 0 saturated heterocycles. The summed E-state index contributed by atoms with van der Waals surface area (Å²) < 4.78 is 4.82. The van der Waals surface area contributed by atoms with Gasteiger partial charge in [0.15, 0.2) is 0 Å². The van der Waals surface area contributed by atoms with Gasteiger partial charge < -0.3 is 15.4 Å². The number of fused-ring (bicyclic) bond motifs is 1. The van der Waals surface area contributed by atoms with Crippen LogP contribution in [-0.4, -0.2) is 36.0 Å². The third-order valence-corrected chi connectivity index (χ3v) is 5.13. The zero-order valence-corrected chi connectivity index (χ0v) is 15.6. The van der Waals surface area contributed by atoms with E-state index in [1.54, 1.807) is 11.0 Å². The van der Waals surface area contributed by atoms with Crippen molar-refractivity contribution in [2.75, 3.05) is 23.9 Å². The Labute approximate surface area is 155 Å². The van der Waals surface area contributed by atoms with Crippen LogP contribution in [0.15, 0.2) is 18.2 Å². The summed E-state index contributed by atoms with van der Waals surface area (Å²) in [7, 11) is 1.37. The van der Waals surface area contributed by atoms with E-state index in [0.29, 0.717) is 18.8 Å². The number of nitrogens with zero attached hydrogens (tertiary/aromatic N) is 3. The quantitative estimate of drug-likeness (QED) is 0.856. The molecule has 0 unspecified atom stereocenters. The first-order valence-corrected chi connectivity index (χ1v) is 9.27. The van der Waals surface area contributed by atoms with E-state index >= 15 is 0 Å². The van der Waals surface area contributed by atoms with E-state index in [0.717, 1.165) is 40.5 Å². The van der Waals surface area contributed by atoms with E-state index in [4.69, 9.17) is 4.74 Å². The molecule has 1 aliphatic heterocycles. The highest BCUT2D eigenvalue weighted by atomic mass is 32.1. The number of hydrogen-bond acceptors (Lipinski definition) is 6. The molecule has 2 heterocycles. The average molecular weight is 375 g/mol. The van der Waals surface area contributed by atoms with Crippen LogP contribution in [-0.2, 0) is 24.1 Å². The summed E-state index contributed by atoms with van der Waals surface area (Å²) in [5.41, 5.74) is 2.52. The lowest BCUT2D eigenvalue weighted by atomic mass is 10.0. The van der Waals surface area contributed by atoms with Gasteiger partial charge in [0.05, 0.1) is 19.3 Å². The molecule has 0 radical (unpaired) electrons. The minimum Gasteiger partial charge on any atom is -0.452 e. The first kappa shape index (κ1) is 18.1. The molecule has 1 aromatic heterocycles. The van der Waals surface area contributed by atoms with Crippen molar-refractivity contribution in [2.45, 2.75) is 32.7 Å². The largest absolute Gasteiger partial charge is 0.452 e. The Bertz CT molecular complexity index is 807. The monoisotopic (exact) mass is 375 g/mol. The number of amides is 3. The molecule has 2 aromatic rings. The van der Waals surface area contributed by atoms with Crippen molar-refractivity contribution >= 4 is 34.8 Å². The number of urea groups is 1. The highest BCUT2D eigenvalue weighted by Crippen LogP contribution is 2.30. The SMILES string of the molecule is CCc1nnc(CNC(=O)Nc2ccc3c(c2)CCCN3C(=O)OC)s1. The van der Waals surface area contributed by atoms with Gasteiger partial charge in [0.1, 0.15) is 10.0 Å². The summed E-state index contributed by atoms with van der Waals surface area (Å²) in [5.74, 6) is 0. The van der Waals surface area contributed by atoms with Gasteiger partial charge >= 0.3 is 12.1 Å². The lowest BCUT2D eigenvalue weighted by molar-refractivity contribution is 0.178. The normalized spacial score (nSPS) is 13.1. The molecule has 1 aliphatic rings. The molecular weight excluding hydrogens is 354 g/mol. The molecule has 26 heavy (non-hydrogen) atoms. The van der Waals surface area contributed by atoms with Crippen LogP contribution in [0.25, 0.3) is 0 Å². The molecule has 3 rings (SSSR count). The number of carbonyl (C=O) groups excluding carboxylic acids is 2. The molecular formula is C17H21N5O3S. The summed E-state index contributed by atoms with van der Waals surface area (Å²) in [5, 5.41) is 15.4. The van der Waals surface area contributed by atoms with Crippen LogP contribution in [0.1, 0.15) is 28.9 Å². The van der Waals surface area contributed by atoms with E-state index in [1.165, 1.54) is 18.4 Å². The second-order valence-electron chi connectivity index (χ2n) is 5.82. The van der Waals surface area contributed by atoms with Gasteiger partial charge in [-0.2, -0.15) is 0 Å². The van der Waals surface area contributed by atoms with E-state index in [2.05, 4.69) is 20.8 Å². The van der Waals surface area contributed by atoms with Crippen molar-refractivity contribution in [3.63, 3.8) is 0 Å². The van der Waals surface area contributed by atoms with Gasteiger partial charge in [0.25, 0.3) is 0 Å². The molecule has 2 N–H and O–H groups in total. The Morgan fingerprint density at radius 1 is 1.31 bits per heavy atom. The maximum atomic E-state index is 12.1. The second-order valence-corrected chi connectivity index (χ2v) is 6.97. The van der Waals surface area contributed by atoms with Gasteiger partial charge in [0.2, 0.25) is 0 Å². The third-order valence-electron chi connectivity index (χ3n) is 4.06. The van der Waals surface area contributed by atoms with Crippen molar-refractivity contribution in [1.29, 1.82) is 0 Å². The molecule has 0 bridgehead atoms. The number of ether oxygens (including phenoxy) is 1. The number of anilines is 2. The van der Waals surface area contributed by atoms with Crippen LogP contribution in [0.3, 0.4) is 0 Å². The predicted molar refractivity (Wildman–Crippen MR) is 99.7 cm³/mol. The molecule has 0 aliphatic carbocycles. The van der Waals surface area contributed by atoms with Crippen LogP contribution in [0.5, 0.6) is 0 Å². The number of aromatic nitrogens is 2. The lowest BCUT2D eigenvalue weighted by Crippen LogP contribution is -2.35. The van der Waals surface area contributed by atoms with Gasteiger partial charge in [-0.15, -0.1) is 10.2 Å². The number of methoxy groups -OCH3 is 1. The molecule has 9 heteroatoms. The minimum absolute atomic E-state index is 0.307. The van der Waals surface area contributed by atoms with E-state index in [1.807, 2.05) is 19.1 Å². The standard InChI is InChI=1S/C17H21N5O3S/c1-3-14-20-21-15(26-14)10-18-16(23)19-12-6-7-13-11(9-12)5-4-8-22(13)17(24)25-2/h6-7,9H,3-5,8,10H2,1-2H3,(H2,18,19,23). The Hall–Kier alpha value is -2.68. The second kappa shape index (κ2) is 8.13. The zero-order valence-electron chi connectivity index (χ0n) is 14.7. The van der Waals surface area contributed by atoms with Gasteiger partial charge in [0, 0.05) is 12.2 Å². The molecule has 0 fully saturated rings. The van der Waals surface area contributed by atoms with Crippen molar-refractivity contribution < 1.29 is 14.3 Å². The Morgan fingerprint density at radius 2 is 2.12 bits per heavy atom. The molecule has 0 spiro atoms. The fourth-order valence-corrected chi connectivity index (χ4v) is 3.53. The number of rotatable bonds is 4. The number of benzene rings is 1. The Balaban J connectivity index is 1.61. The summed E-state index contributed by atoms with van der Waals surface area (Å²) in [6.07, 6.45) is 2.17. The zero-order chi connectivity index (χ0) is 18.5. The number of nitrogens with one attached hydrogen (secondary N) is 2. The highest BCUT2D eigenvalue weighted by molar-refractivity contribution is 7.11. The first-order valence-electron chi connectivity index (χ1n) is 8.45. The number of hydrogen-bond donors (Lipinski definition) is 2. The van der Waals surface area contributed by atoms with Gasteiger partial charge in [-0.05, 0) is 43.0 Å². The van der Waals surface area contributed by atoms with Gasteiger partial charge in [-0.25, -0.2) is 9.59 Å². The van der Waals surface area contributed by atoms with Crippen LogP contribution >= 0.6 is 11.3 Å². The first-order chi connectivity index (χ1) is 12.6. The van der Waals surface area contributed by atoms with Crippen molar-refractivity contribution in [2.24, 2.45) is 0 Å². The van der Waals surface area contributed by atoms with E-state index in [-0.39, 0.29) is 12.1 Å². The maximum absolute atomic E-state index is 12.1.